The maximum Gasteiger partial charge on any atom is 0.248 e. The van der Waals surface area contributed by atoms with Crippen LogP contribution >= 0.6 is 0 Å². The molecule has 0 bridgehead atoms. The number of aromatic nitrogens is 2. The Balaban J connectivity index is 1.88. The second-order valence-electron chi connectivity index (χ2n) is 6.90. The van der Waals surface area contributed by atoms with Gasteiger partial charge in [-0.3, -0.25) is 9.79 Å². The predicted octanol–water partition coefficient (Wildman–Crippen LogP) is 3.04. The van der Waals surface area contributed by atoms with Gasteiger partial charge in [0.15, 0.2) is 0 Å². The summed E-state index contributed by atoms with van der Waals surface area (Å²) in [5, 5.41) is 3.37. The summed E-state index contributed by atoms with van der Waals surface area (Å²) in [4.78, 5) is 23.0. The Morgan fingerprint density at radius 3 is 2.46 bits per heavy atom. The van der Waals surface area contributed by atoms with Crippen molar-refractivity contribution in [2.45, 2.75) is 25.4 Å². The van der Waals surface area contributed by atoms with Crippen LogP contribution in [0.4, 0.5) is 8.78 Å². The minimum absolute atomic E-state index is 0.235. The van der Waals surface area contributed by atoms with Gasteiger partial charge in [-0.05, 0) is 60.9 Å². The highest BCUT2D eigenvalue weighted by atomic mass is 19.1. The number of hydrogen-bond donors (Lipinski definition) is 2. The zero-order valence-corrected chi connectivity index (χ0v) is 15.3. The van der Waals surface area contributed by atoms with Crippen molar-refractivity contribution in [2.75, 3.05) is 0 Å². The van der Waals surface area contributed by atoms with Crippen molar-refractivity contribution in [3.8, 4) is 0 Å². The third-order valence-electron chi connectivity index (χ3n) is 4.99. The fourth-order valence-electron chi connectivity index (χ4n) is 3.71. The standard InChI is InChI=1S/C21H18F2N4O/c1-12-9-17(26-19(28)10-12)20-25-13(2)21(27-20,14-3-5-16(22)6-4-14)15-7-8-24-18(23)11-15/h3-11,13H,1-2H3,(H,25,27)(H,26,28)/t13-,21+/m0/s1. The molecule has 0 aliphatic carbocycles. The molecule has 142 valence electrons. The molecule has 1 aromatic carbocycles. The van der Waals surface area contributed by atoms with Crippen LogP contribution in [0.5, 0.6) is 0 Å². The van der Waals surface area contributed by atoms with Crippen molar-refractivity contribution in [1.82, 2.24) is 15.3 Å². The highest BCUT2D eigenvalue weighted by molar-refractivity contribution is 5.99. The highest BCUT2D eigenvalue weighted by Gasteiger charge is 2.45. The van der Waals surface area contributed by atoms with Crippen LogP contribution in [-0.2, 0) is 5.54 Å². The molecule has 28 heavy (non-hydrogen) atoms. The number of pyridine rings is 2. The molecular weight excluding hydrogens is 362 g/mol. The van der Waals surface area contributed by atoms with Gasteiger partial charge in [0.2, 0.25) is 11.5 Å². The summed E-state index contributed by atoms with van der Waals surface area (Å²) >= 11 is 0. The third kappa shape index (κ3) is 2.98. The first kappa shape index (κ1) is 18.0. The molecule has 0 saturated heterocycles. The van der Waals surface area contributed by atoms with E-state index in [1.165, 1.54) is 30.5 Å². The van der Waals surface area contributed by atoms with Gasteiger partial charge in [-0.25, -0.2) is 9.37 Å². The van der Waals surface area contributed by atoms with Gasteiger partial charge in [-0.2, -0.15) is 4.39 Å². The number of H-pyrrole nitrogens is 1. The summed E-state index contributed by atoms with van der Waals surface area (Å²) in [6.07, 6.45) is 1.39. The summed E-state index contributed by atoms with van der Waals surface area (Å²) in [5.74, 6) is -0.505. The number of nitrogens with zero attached hydrogens (tertiary/aromatic N) is 2. The summed E-state index contributed by atoms with van der Waals surface area (Å²) in [7, 11) is 0. The average Bonchev–Trinajstić information content (AvgIpc) is 3.00. The quantitative estimate of drug-likeness (QED) is 0.686. The molecular formula is C21H18F2N4O. The van der Waals surface area contributed by atoms with E-state index in [9.17, 15) is 13.6 Å². The van der Waals surface area contributed by atoms with Gasteiger partial charge >= 0.3 is 0 Å². The van der Waals surface area contributed by atoms with Gasteiger partial charge in [-0.1, -0.05) is 12.1 Å². The van der Waals surface area contributed by atoms with Crippen molar-refractivity contribution >= 4 is 5.84 Å². The number of halogens is 2. The van der Waals surface area contributed by atoms with Crippen LogP contribution in [-0.4, -0.2) is 21.8 Å². The summed E-state index contributed by atoms with van der Waals surface area (Å²) in [6.45, 7) is 3.71. The van der Waals surface area contributed by atoms with Gasteiger partial charge in [-0.15, -0.1) is 0 Å². The lowest BCUT2D eigenvalue weighted by Crippen LogP contribution is -2.48. The summed E-state index contributed by atoms with van der Waals surface area (Å²) in [5.41, 5.74) is 1.49. The van der Waals surface area contributed by atoms with Crippen molar-refractivity contribution < 1.29 is 8.78 Å². The zero-order chi connectivity index (χ0) is 19.9. The third-order valence-corrected chi connectivity index (χ3v) is 4.99. The predicted molar refractivity (Wildman–Crippen MR) is 102 cm³/mol. The van der Waals surface area contributed by atoms with E-state index >= 15 is 0 Å². The molecule has 4 rings (SSSR count). The minimum Gasteiger partial charge on any atom is -0.353 e. The molecule has 0 saturated carbocycles. The molecule has 0 amide bonds. The first-order valence-electron chi connectivity index (χ1n) is 8.84. The van der Waals surface area contributed by atoms with Crippen LogP contribution in [0.2, 0.25) is 0 Å². The molecule has 2 N–H and O–H groups in total. The molecule has 1 aliphatic heterocycles. The number of hydrogen-bond acceptors (Lipinski definition) is 4. The van der Waals surface area contributed by atoms with Gasteiger partial charge in [0.25, 0.3) is 0 Å². The lowest BCUT2D eigenvalue weighted by atomic mass is 9.78. The molecule has 7 heteroatoms. The van der Waals surface area contributed by atoms with Gasteiger partial charge in [0.05, 0.1) is 11.7 Å². The second kappa shape index (κ2) is 6.67. The highest BCUT2D eigenvalue weighted by Crippen LogP contribution is 2.38. The molecule has 0 radical (unpaired) electrons. The first-order chi connectivity index (χ1) is 13.4. The van der Waals surface area contributed by atoms with Crippen molar-refractivity contribution in [2.24, 2.45) is 4.99 Å². The van der Waals surface area contributed by atoms with E-state index in [1.54, 1.807) is 18.2 Å². The molecule has 1 aliphatic rings. The van der Waals surface area contributed by atoms with Crippen molar-refractivity contribution in [1.29, 1.82) is 0 Å². The van der Waals surface area contributed by atoms with Crippen LogP contribution in [0, 0.1) is 18.7 Å². The van der Waals surface area contributed by atoms with Crippen LogP contribution in [0.15, 0.2) is 64.5 Å². The molecule has 3 heterocycles. The Morgan fingerprint density at radius 2 is 1.79 bits per heavy atom. The zero-order valence-electron chi connectivity index (χ0n) is 15.3. The molecule has 5 nitrogen and oxygen atoms in total. The molecule has 0 unspecified atom stereocenters. The van der Waals surface area contributed by atoms with Crippen LogP contribution < -0.4 is 10.9 Å². The van der Waals surface area contributed by atoms with E-state index in [4.69, 9.17) is 4.99 Å². The first-order valence-corrected chi connectivity index (χ1v) is 8.84. The van der Waals surface area contributed by atoms with Crippen molar-refractivity contribution in [3.05, 3.63) is 99.2 Å². The van der Waals surface area contributed by atoms with E-state index < -0.39 is 11.5 Å². The number of rotatable bonds is 3. The van der Waals surface area contributed by atoms with E-state index in [1.807, 2.05) is 19.9 Å². The topological polar surface area (TPSA) is 70.1 Å². The molecule has 0 spiro atoms. The lowest BCUT2D eigenvalue weighted by molar-refractivity contribution is 0.429. The SMILES string of the molecule is Cc1cc(C2=N[C@@H](C)[C@@](c3ccc(F)cc3)(c3ccnc(F)c3)N2)[nH]c(=O)c1. The molecule has 2 aromatic heterocycles. The number of benzene rings is 1. The number of amidine groups is 1. The Hall–Kier alpha value is -3.35. The van der Waals surface area contributed by atoms with E-state index in [0.717, 1.165) is 11.1 Å². The van der Waals surface area contributed by atoms with Crippen LogP contribution in [0.3, 0.4) is 0 Å². The normalized spacial score (nSPS) is 21.3. The van der Waals surface area contributed by atoms with E-state index in [0.29, 0.717) is 17.1 Å². The van der Waals surface area contributed by atoms with E-state index in [2.05, 4.69) is 15.3 Å². The largest absolute Gasteiger partial charge is 0.353 e. The number of nitrogens with one attached hydrogen (secondary N) is 2. The van der Waals surface area contributed by atoms with Gasteiger partial charge < -0.3 is 10.3 Å². The second-order valence-corrected chi connectivity index (χ2v) is 6.90. The smallest absolute Gasteiger partial charge is 0.248 e. The molecule has 2 atom stereocenters. The van der Waals surface area contributed by atoms with Gasteiger partial charge in [0, 0.05) is 12.3 Å². The lowest BCUT2D eigenvalue weighted by Gasteiger charge is -2.35. The maximum absolute atomic E-state index is 13.9. The average molecular weight is 380 g/mol. The molecule has 3 aromatic rings. The number of aromatic amines is 1. The number of aryl methyl sites for hydroxylation is 1. The Bertz CT molecular complexity index is 1120. The fourth-order valence-corrected chi connectivity index (χ4v) is 3.71. The summed E-state index contributed by atoms with van der Waals surface area (Å²) < 4.78 is 27.5. The van der Waals surface area contributed by atoms with Crippen LogP contribution in [0.25, 0.3) is 0 Å². The van der Waals surface area contributed by atoms with Gasteiger partial charge in [0.1, 0.15) is 17.2 Å². The maximum atomic E-state index is 13.9. The Labute approximate surface area is 160 Å². The fraction of sp³-hybridized carbons (Fsp3) is 0.190. The summed E-state index contributed by atoms with van der Waals surface area (Å²) in [6, 6.07) is 12.0. The molecule has 0 fully saturated rings. The monoisotopic (exact) mass is 380 g/mol. The number of aliphatic imine (C=N–C) groups is 1. The minimum atomic E-state index is -0.937. The van der Waals surface area contributed by atoms with Crippen molar-refractivity contribution in [3.63, 3.8) is 0 Å². The Morgan fingerprint density at radius 1 is 1.04 bits per heavy atom. The Kier molecular flexibility index (Phi) is 4.30. The van der Waals surface area contributed by atoms with Crippen LogP contribution in [0.1, 0.15) is 29.3 Å². The van der Waals surface area contributed by atoms with E-state index in [-0.39, 0.29) is 17.4 Å².